The van der Waals surface area contributed by atoms with Crippen molar-refractivity contribution in [3.05, 3.63) is 83.4 Å². The van der Waals surface area contributed by atoms with Gasteiger partial charge in [0.25, 0.3) is 0 Å². The third kappa shape index (κ3) is 3.91. The first-order chi connectivity index (χ1) is 13.1. The summed E-state index contributed by atoms with van der Waals surface area (Å²) < 4.78 is 1.18. The number of carbonyl (C=O) groups is 1. The molecule has 4 aromatic rings. The summed E-state index contributed by atoms with van der Waals surface area (Å²) in [5.41, 5.74) is 6.30. The second-order valence-corrected chi connectivity index (χ2v) is 7.75. The Morgan fingerprint density at radius 3 is 2.52 bits per heavy atom. The molecular weight excluding hydrogens is 352 g/mol. The highest BCUT2D eigenvalue weighted by atomic mass is 32.1. The van der Waals surface area contributed by atoms with Crippen LogP contribution in [0, 0.1) is 13.8 Å². The van der Waals surface area contributed by atoms with Crippen LogP contribution in [-0.2, 0) is 11.2 Å². The van der Waals surface area contributed by atoms with Gasteiger partial charge in [-0.2, -0.15) is 0 Å². The summed E-state index contributed by atoms with van der Waals surface area (Å²) in [5, 5.41) is 3.97. The van der Waals surface area contributed by atoms with E-state index in [-0.39, 0.29) is 5.91 Å². The van der Waals surface area contributed by atoms with Crippen molar-refractivity contribution in [2.75, 3.05) is 5.32 Å². The molecule has 0 atom stereocenters. The summed E-state index contributed by atoms with van der Waals surface area (Å²) in [6, 6.07) is 22.2. The lowest BCUT2D eigenvalue weighted by Crippen LogP contribution is -2.15. The lowest BCUT2D eigenvalue weighted by atomic mass is 10.0. The fourth-order valence-electron chi connectivity index (χ4n) is 3.11. The third-order valence-electron chi connectivity index (χ3n) is 4.56. The van der Waals surface area contributed by atoms with E-state index in [1.165, 1.54) is 10.3 Å². The smallest absolute Gasteiger partial charge is 0.228 e. The van der Waals surface area contributed by atoms with Gasteiger partial charge in [-0.15, -0.1) is 11.3 Å². The monoisotopic (exact) mass is 372 g/mol. The molecule has 3 nitrogen and oxygen atoms in total. The molecule has 4 rings (SSSR count). The second kappa shape index (κ2) is 7.33. The number of amides is 1. The van der Waals surface area contributed by atoms with Crippen LogP contribution in [-0.4, -0.2) is 10.9 Å². The number of benzene rings is 3. The van der Waals surface area contributed by atoms with Gasteiger partial charge < -0.3 is 5.32 Å². The van der Waals surface area contributed by atoms with E-state index in [4.69, 9.17) is 0 Å². The van der Waals surface area contributed by atoms with E-state index in [0.717, 1.165) is 32.9 Å². The zero-order valence-electron chi connectivity index (χ0n) is 15.3. The summed E-state index contributed by atoms with van der Waals surface area (Å²) >= 11 is 1.68. The maximum absolute atomic E-state index is 12.4. The number of anilines is 1. The van der Waals surface area contributed by atoms with E-state index in [1.54, 1.807) is 11.3 Å². The molecule has 0 saturated carbocycles. The molecule has 0 radical (unpaired) electrons. The van der Waals surface area contributed by atoms with Gasteiger partial charge in [0, 0.05) is 11.3 Å². The first-order valence-electron chi connectivity index (χ1n) is 8.90. The Kier molecular flexibility index (Phi) is 4.73. The Hall–Kier alpha value is -2.98. The normalized spacial score (nSPS) is 10.9. The molecule has 0 spiro atoms. The van der Waals surface area contributed by atoms with Crippen LogP contribution in [0.4, 0.5) is 5.69 Å². The van der Waals surface area contributed by atoms with Gasteiger partial charge in [0.1, 0.15) is 5.01 Å². The largest absolute Gasteiger partial charge is 0.326 e. The Labute approximate surface area is 162 Å². The number of nitrogens with one attached hydrogen (secondary N) is 1. The number of hydrogen-bond acceptors (Lipinski definition) is 3. The van der Waals surface area contributed by atoms with E-state index in [0.29, 0.717) is 6.42 Å². The number of thiazole rings is 1. The molecule has 0 bridgehead atoms. The number of aromatic nitrogens is 1. The summed E-state index contributed by atoms with van der Waals surface area (Å²) in [6.45, 7) is 4.10. The molecular formula is C23H20N2OS. The van der Waals surface area contributed by atoms with Crippen LogP contribution in [0.1, 0.15) is 16.7 Å². The van der Waals surface area contributed by atoms with Crippen LogP contribution in [0.2, 0.25) is 0 Å². The van der Waals surface area contributed by atoms with Crippen LogP contribution >= 0.6 is 11.3 Å². The minimum atomic E-state index is -0.00492. The lowest BCUT2D eigenvalue weighted by Gasteiger charge is -2.08. The first kappa shape index (κ1) is 17.4. The second-order valence-electron chi connectivity index (χ2n) is 6.72. The van der Waals surface area contributed by atoms with E-state index in [1.807, 2.05) is 61.5 Å². The molecule has 1 heterocycles. The molecule has 1 N–H and O–H groups in total. The van der Waals surface area contributed by atoms with Crippen LogP contribution in [0.25, 0.3) is 20.8 Å². The number of carbonyl (C=O) groups excluding carboxylic acids is 1. The van der Waals surface area contributed by atoms with Gasteiger partial charge in [-0.1, -0.05) is 35.9 Å². The Morgan fingerprint density at radius 1 is 1.00 bits per heavy atom. The average Bonchev–Trinajstić information content (AvgIpc) is 3.09. The molecule has 134 valence electrons. The van der Waals surface area contributed by atoms with Crippen molar-refractivity contribution in [3.8, 4) is 10.6 Å². The highest BCUT2D eigenvalue weighted by Gasteiger charge is 2.09. The molecule has 1 aromatic heterocycles. The molecule has 0 aliphatic carbocycles. The first-order valence-corrected chi connectivity index (χ1v) is 9.72. The molecule has 3 aromatic carbocycles. The van der Waals surface area contributed by atoms with Gasteiger partial charge in [0.15, 0.2) is 0 Å². The van der Waals surface area contributed by atoms with Gasteiger partial charge in [0.05, 0.1) is 16.6 Å². The average molecular weight is 372 g/mol. The molecule has 0 saturated heterocycles. The lowest BCUT2D eigenvalue weighted by molar-refractivity contribution is -0.115. The summed E-state index contributed by atoms with van der Waals surface area (Å²) in [4.78, 5) is 17.0. The van der Waals surface area contributed by atoms with Crippen molar-refractivity contribution in [1.82, 2.24) is 4.98 Å². The zero-order chi connectivity index (χ0) is 18.8. The molecule has 1 amide bonds. The number of rotatable bonds is 4. The topological polar surface area (TPSA) is 42.0 Å². The van der Waals surface area contributed by atoms with Crippen molar-refractivity contribution >= 4 is 33.1 Å². The van der Waals surface area contributed by atoms with Crippen LogP contribution in [0.15, 0.2) is 66.7 Å². The van der Waals surface area contributed by atoms with Gasteiger partial charge in [-0.25, -0.2) is 4.98 Å². The van der Waals surface area contributed by atoms with E-state index in [2.05, 4.69) is 29.4 Å². The standard InChI is InChI=1S/C23H20N2OS/c1-15-7-8-18(16(2)13-15)14-22(26)24-19-11-9-17(10-12-19)23-25-20-5-3-4-6-21(20)27-23/h3-13H,14H2,1-2H3,(H,24,26). The predicted molar refractivity (Wildman–Crippen MR) is 113 cm³/mol. The summed E-state index contributed by atoms with van der Waals surface area (Å²) in [6.07, 6.45) is 0.381. The predicted octanol–water partition coefficient (Wildman–Crippen LogP) is 5.76. The fourth-order valence-corrected chi connectivity index (χ4v) is 4.09. The minimum absolute atomic E-state index is 0.00492. The quantitative estimate of drug-likeness (QED) is 0.495. The van der Waals surface area contributed by atoms with E-state index in [9.17, 15) is 4.79 Å². The van der Waals surface area contributed by atoms with Crippen LogP contribution in [0.3, 0.4) is 0 Å². The number of nitrogens with zero attached hydrogens (tertiary/aromatic N) is 1. The van der Waals surface area contributed by atoms with Crippen molar-refractivity contribution < 1.29 is 4.79 Å². The molecule has 4 heteroatoms. The molecule has 0 fully saturated rings. The SMILES string of the molecule is Cc1ccc(CC(=O)Nc2ccc(-c3nc4ccccc4s3)cc2)c(C)c1. The summed E-state index contributed by atoms with van der Waals surface area (Å²) in [5.74, 6) is -0.00492. The van der Waals surface area contributed by atoms with Crippen molar-refractivity contribution in [1.29, 1.82) is 0 Å². The van der Waals surface area contributed by atoms with Crippen LogP contribution < -0.4 is 5.32 Å². The molecule has 0 aliphatic rings. The molecule has 27 heavy (non-hydrogen) atoms. The van der Waals surface area contributed by atoms with Crippen LogP contribution in [0.5, 0.6) is 0 Å². The Morgan fingerprint density at radius 2 is 1.78 bits per heavy atom. The Bertz CT molecular complexity index is 1080. The molecule has 0 aliphatic heterocycles. The van der Waals surface area contributed by atoms with Gasteiger partial charge in [0.2, 0.25) is 5.91 Å². The van der Waals surface area contributed by atoms with Gasteiger partial charge in [-0.05, 0) is 61.4 Å². The van der Waals surface area contributed by atoms with Gasteiger partial charge >= 0.3 is 0 Å². The van der Waals surface area contributed by atoms with Gasteiger partial charge in [-0.3, -0.25) is 4.79 Å². The van der Waals surface area contributed by atoms with Crippen molar-refractivity contribution in [2.24, 2.45) is 0 Å². The highest BCUT2D eigenvalue weighted by Crippen LogP contribution is 2.30. The summed E-state index contributed by atoms with van der Waals surface area (Å²) in [7, 11) is 0. The zero-order valence-corrected chi connectivity index (χ0v) is 16.1. The third-order valence-corrected chi connectivity index (χ3v) is 5.64. The minimum Gasteiger partial charge on any atom is -0.326 e. The number of aryl methyl sites for hydroxylation is 2. The maximum Gasteiger partial charge on any atom is 0.228 e. The molecule has 0 unspecified atom stereocenters. The van der Waals surface area contributed by atoms with E-state index < -0.39 is 0 Å². The number of para-hydroxylation sites is 1. The van der Waals surface area contributed by atoms with Crippen molar-refractivity contribution in [3.63, 3.8) is 0 Å². The number of hydrogen-bond donors (Lipinski definition) is 1. The maximum atomic E-state index is 12.4. The van der Waals surface area contributed by atoms with Crippen molar-refractivity contribution in [2.45, 2.75) is 20.3 Å². The highest BCUT2D eigenvalue weighted by molar-refractivity contribution is 7.21. The van der Waals surface area contributed by atoms with E-state index >= 15 is 0 Å². The fraction of sp³-hybridized carbons (Fsp3) is 0.130. The Balaban J connectivity index is 1.46. The number of fused-ring (bicyclic) bond motifs is 1.